The van der Waals surface area contributed by atoms with Gasteiger partial charge in [0.05, 0.1) is 12.6 Å². The number of rotatable bonds is 2. The third-order valence-corrected chi connectivity index (χ3v) is 3.53. The molecule has 100 valence electrons. The number of likely N-dealkylation sites (N-methyl/N-ethyl adjacent to an activating group) is 1. The highest BCUT2D eigenvalue weighted by Crippen LogP contribution is 2.20. The maximum absolute atomic E-state index is 12.0. The average Bonchev–Trinajstić information content (AvgIpc) is 2.70. The van der Waals surface area contributed by atoms with Crippen LogP contribution in [0.1, 0.15) is 13.3 Å². The third kappa shape index (κ3) is 2.67. The molecule has 5 nitrogen and oxygen atoms in total. The third-order valence-electron chi connectivity index (χ3n) is 3.53. The van der Waals surface area contributed by atoms with Gasteiger partial charge in [-0.2, -0.15) is 0 Å². The van der Waals surface area contributed by atoms with Crippen LogP contribution in [0.15, 0.2) is 23.6 Å². The Morgan fingerprint density at radius 3 is 2.89 bits per heavy atom. The van der Waals surface area contributed by atoms with Gasteiger partial charge in [0.15, 0.2) is 0 Å². The van der Waals surface area contributed by atoms with Crippen LogP contribution in [0.25, 0.3) is 0 Å². The van der Waals surface area contributed by atoms with Gasteiger partial charge in [0.1, 0.15) is 12.4 Å². The summed E-state index contributed by atoms with van der Waals surface area (Å²) in [6.07, 6.45) is 4.58. The molecule has 0 saturated carbocycles. The van der Waals surface area contributed by atoms with Gasteiger partial charge in [-0.3, -0.25) is 9.69 Å². The molecule has 2 aliphatic heterocycles. The topological polar surface area (TPSA) is 58.8 Å². The second kappa shape index (κ2) is 5.44. The van der Waals surface area contributed by atoms with Crippen molar-refractivity contribution in [1.82, 2.24) is 9.80 Å². The Morgan fingerprint density at radius 2 is 2.28 bits per heavy atom. The summed E-state index contributed by atoms with van der Waals surface area (Å²) in [4.78, 5) is 16.0. The number of likely N-dealkylation sites (tertiary alicyclic amines) is 1. The number of nitrogens with zero attached hydrogens (tertiary/aromatic N) is 2. The minimum Gasteiger partial charge on any atom is -0.495 e. The van der Waals surface area contributed by atoms with Gasteiger partial charge in [-0.05, 0) is 19.4 Å². The van der Waals surface area contributed by atoms with Crippen molar-refractivity contribution in [2.45, 2.75) is 19.4 Å². The summed E-state index contributed by atoms with van der Waals surface area (Å²) < 4.78 is 5.58. The van der Waals surface area contributed by atoms with Crippen molar-refractivity contribution in [3.8, 4) is 0 Å². The van der Waals surface area contributed by atoms with Gasteiger partial charge in [-0.25, -0.2) is 0 Å². The Balaban J connectivity index is 2.03. The SMILES string of the molecule is C/C=C(N)\C=C1/CN(C2CCN(C)C2=O)CCO1. The quantitative estimate of drug-likeness (QED) is 0.766. The molecule has 18 heavy (non-hydrogen) atoms. The molecule has 0 aromatic carbocycles. The van der Waals surface area contributed by atoms with E-state index in [1.807, 2.05) is 26.1 Å². The standard InChI is InChI=1S/C13H21N3O2/c1-3-10(14)8-11-9-16(6-7-18-11)12-4-5-15(2)13(12)17/h3,8,12H,4-7,9,14H2,1-2H3/b10-3+,11-8+. The molecule has 5 heteroatoms. The molecule has 2 N–H and O–H groups in total. The lowest BCUT2D eigenvalue weighted by Crippen LogP contribution is -2.46. The van der Waals surface area contributed by atoms with Gasteiger partial charge in [0, 0.05) is 25.8 Å². The first kappa shape index (κ1) is 13.0. The van der Waals surface area contributed by atoms with Crippen molar-refractivity contribution in [1.29, 1.82) is 0 Å². The molecule has 2 saturated heterocycles. The highest BCUT2D eigenvalue weighted by Gasteiger charge is 2.35. The van der Waals surface area contributed by atoms with Crippen LogP contribution in [0, 0.1) is 0 Å². The number of nitrogens with two attached hydrogens (primary N) is 1. The monoisotopic (exact) mass is 251 g/mol. The first-order valence-corrected chi connectivity index (χ1v) is 6.36. The van der Waals surface area contributed by atoms with Gasteiger partial charge in [-0.1, -0.05) is 6.08 Å². The lowest BCUT2D eigenvalue weighted by molar-refractivity contribution is -0.131. The molecule has 2 heterocycles. The summed E-state index contributed by atoms with van der Waals surface area (Å²) in [6, 6.07) is 0.00845. The van der Waals surface area contributed by atoms with Crippen molar-refractivity contribution >= 4 is 5.91 Å². The Morgan fingerprint density at radius 1 is 1.50 bits per heavy atom. The first-order chi connectivity index (χ1) is 8.61. The van der Waals surface area contributed by atoms with Crippen LogP contribution in [0.2, 0.25) is 0 Å². The minimum absolute atomic E-state index is 0.00845. The molecule has 0 radical (unpaired) electrons. The van der Waals surface area contributed by atoms with E-state index >= 15 is 0 Å². The van der Waals surface area contributed by atoms with E-state index in [4.69, 9.17) is 10.5 Å². The van der Waals surface area contributed by atoms with Crippen molar-refractivity contribution < 1.29 is 9.53 Å². The van der Waals surface area contributed by atoms with E-state index in [0.29, 0.717) is 18.8 Å². The van der Waals surface area contributed by atoms with Gasteiger partial charge in [0.25, 0.3) is 0 Å². The molecular weight excluding hydrogens is 230 g/mol. The second-order valence-electron chi connectivity index (χ2n) is 4.78. The fourth-order valence-electron chi connectivity index (χ4n) is 2.38. The van der Waals surface area contributed by atoms with Crippen molar-refractivity contribution in [3.63, 3.8) is 0 Å². The minimum atomic E-state index is 0.00845. The molecule has 2 aliphatic rings. The predicted molar refractivity (Wildman–Crippen MR) is 69.6 cm³/mol. The molecule has 0 aliphatic carbocycles. The van der Waals surface area contributed by atoms with E-state index in [0.717, 1.165) is 25.3 Å². The fourth-order valence-corrected chi connectivity index (χ4v) is 2.38. The van der Waals surface area contributed by atoms with E-state index < -0.39 is 0 Å². The number of amides is 1. The van der Waals surface area contributed by atoms with Crippen LogP contribution in [0.4, 0.5) is 0 Å². The molecule has 0 bridgehead atoms. The first-order valence-electron chi connectivity index (χ1n) is 6.36. The average molecular weight is 251 g/mol. The summed E-state index contributed by atoms with van der Waals surface area (Å²) in [6.45, 7) is 4.83. The molecule has 2 rings (SSSR count). The number of hydrogen-bond acceptors (Lipinski definition) is 4. The molecule has 0 aromatic heterocycles. The highest BCUT2D eigenvalue weighted by molar-refractivity contribution is 5.83. The highest BCUT2D eigenvalue weighted by atomic mass is 16.5. The summed E-state index contributed by atoms with van der Waals surface area (Å²) >= 11 is 0. The lowest BCUT2D eigenvalue weighted by Gasteiger charge is -2.32. The summed E-state index contributed by atoms with van der Waals surface area (Å²) in [5.41, 5.74) is 6.46. The Labute approximate surface area is 108 Å². The van der Waals surface area contributed by atoms with Crippen LogP contribution in [-0.2, 0) is 9.53 Å². The van der Waals surface area contributed by atoms with Crippen LogP contribution in [0.5, 0.6) is 0 Å². The Bertz CT molecular complexity index is 390. The van der Waals surface area contributed by atoms with Gasteiger partial charge >= 0.3 is 0 Å². The fraction of sp³-hybridized carbons (Fsp3) is 0.615. The number of ether oxygens (including phenoxy) is 1. The van der Waals surface area contributed by atoms with E-state index in [1.165, 1.54) is 0 Å². The molecule has 2 fully saturated rings. The maximum atomic E-state index is 12.0. The van der Waals surface area contributed by atoms with Gasteiger partial charge < -0.3 is 15.4 Å². The van der Waals surface area contributed by atoms with Crippen LogP contribution >= 0.6 is 0 Å². The zero-order valence-electron chi connectivity index (χ0n) is 11.1. The number of hydrogen-bond donors (Lipinski definition) is 1. The predicted octanol–water partition coefficient (Wildman–Crippen LogP) is 0.296. The zero-order valence-corrected chi connectivity index (χ0v) is 11.1. The molecular formula is C13H21N3O2. The lowest BCUT2D eigenvalue weighted by atomic mass is 10.2. The van der Waals surface area contributed by atoms with Crippen molar-refractivity contribution in [2.24, 2.45) is 5.73 Å². The summed E-state index contributed by atoms with van der Waals surface area (Å²) in [7, 11) is 1.86. The van der Waals surface area contributed by atoms with Crippen molar-refractivity contribution in [3.05, 3.63) is 23.6 Å². The number of carbonyl (C=O) groups is 1. The van der Waals surface area contributed by atoms with Gasteiger partial charge in [-0.15, -0.1) is 0 Å². The summed E-state index contributed by atoms with van der Waals surface area (Å²) in [5, 5.41) is 0. The van der Waals surface area contributed by atoms with Crippen LogP contribution < -0.4 is 5.73 Å². The van der Waals surface area contributed by atoms with Gasteiger partial charge in [0.2, 0.25) is 5.91 Å². The number of carbonyl (C=O) groups excluding carboxylic acids is 1. The summed E-state index contributed by atoms with van der Waals surface area (Å²) in [5.74, 6) is 1.06. The molecule has 0 aromatic rings. The Hall–Kier alpha value is -1.49. The van der Waals surface area contributed by atoms with Crippen LogP contribution in [-0.4, -0.2) is 55.0 Å². The van der Waals surface area contributed by atoms with Crippen LogP contribution in [0.3, 0.4) is 0 Å². The van der Waals surface area contributed by atoms with Crippen molar-refractivity contribution in [2.75, 3.05) is 33.3 Å². The number of morpholine rings is 1. The molecule has 1 amide bonds. The molecule has 1 atom stereocenters. The zero-order chi connectivity index (χ0) is 13.1. The molecule has 0 spiro atoms. The maximum Gasteiger partial charge on any atom is 0.239 e. The largest absolute Gasteiger partial charge is 0.495 e. The second-order valence-corrected chi connectivity index (χ2v) is 4.78. The van der Waals surface area contributed by atoms with E-state index in [-0.39, 0.29) is 11.9 Å². The Kier molecular flexibility index (Phi) is 3.91. The normalized spacial score (nSPS) is 28.9. The van der Waals surface area contributed by atoms with E-state index in [1.54, 1.807) is 4.90 Å². The van der Waals surface area contributed by atoms with E-state index in [9.17, 15) is 4.79 Å². The van der Waals surface area contributed by atoms with E-state index in [2.05, 4.69) is 4.90 Å². The number of allylic oxidation sites excluding steroid dienone is 2. The smallest absolute Gasteiger partial charge is 0.239 e. The molecule has 1 unspecified atom stereocenters.